The molecule has 0 bridgehead atoms. The normalized spacial score (nSPS) is 16.6. The van der Waals surface area contributed by atoms with Gasteiger partial charge in [-0.2, -0.15) is 0 Å². The maximum absolute atomic E-state index is 13.9. The number of aliphatic hydroxyl groups excluding tert-OH is 1. The van der Waals surface area contributed by atoms with Crippen molar-refractivity contribution in [2.24, 2.45) is 5.73 Å². The number of fused-ring (bicyclic) bond motifs is 1. The molecule has 1 aliphatic heterocycles. The van der Waals surface area contributed by atoms with E-state index < -0.39 is 12.3 Å². The maximum atomic E-state index is 13.9. The number of rotatable bonds is 9. The topological polar surface area (TPSA) is 94.4 Å². The Balaban J connectivity index is 1.33. The number of nitrogens with one attached hydrogen (secondary N) is 2. The van der Waals surface area contributed by atoms with Gasteiger partial charge in [0.25, 0.3) is 0 Å². The van der Waals surface area contributed by atoms with Crippen molar-refractivity contribution >= 4 is 16.7 Å². The molecule has 3 aromatic carbocycles. The van der Waals surface area contributed by atoms with E-state index in [4.69, 9.17) is 5.73 Å². The molecule has 0 aliphatic carbocycles. The van der Waals surface area contributed by atoms with E-state index in [9.17, 15) is 9.90 Å². The van der Waals surface area contributed by atoms with Crippen LogP contribution in [0.1, 0.15) is 63.6 Å². The molecular weight excluding hydrogens is 460 g/mol. The molecule has 1 aliphatic rings. The van der Waals surface area contributed by atoms with Gasteiger partial charge in [-0.3, -0.25) is 4.79 Å². The van der Waals surface area contributed by atoms with Gasteiger partial charge in [-0.15, -0.1) is 0 Å². The molecule has 0 saturated carbocycles. The van der Waals surface area contributed by atoms with E-state index in [1.54, 1.807) is 0 Å². The van der Waals surface area contributed by atoms with Crippen LogP contribution < -0.4 is 11.1 Å². The van der Waals surface area contributed by atoms with Crippen molar-refractivity contribution in [1.82, 2.24) is 15.2 Å². The Bertz CT molecular complexity index is 1320. The third-order valence-corrected chi connectivity index (χ3v) is 7.64. The fourth-order valence-electron chi connectivity index (χ4n) is 5.35. The first-order valence-corrected chi connectivity index (χ1v) is 13.1. The molecule has 2 heterocycles. The van der Waals surface area contributed by atoms with Gasteiger partial charge in [0.1, 0.15) is 6.23 Å². The minimum absolute atomic E-state index is 0.0612. The van der Waals surface area contributed by atoms with Crippen LogP contribution in [0.3, 0.4) is 0 Å². The zero-order valence-corrected chi connectivity index (χ0v) is 21.4. The van der Waals surface area contributed by atoms with Crippen molar-refractivity contribution in [3.63, 3.8) is 0 Å². The van der Waals surface area contributed by atoms with Crippen molar-refractivity contribution in [2.45, 2.75) is 37.5 Å². The SMILES string of the molecule is CN1CCC(c2ccc3c(C(=O)C(NCCc4ccc(C(N)O)cc4)c4ccccc4)c[nH]c3c2)CC1. The van der Waals surface area contributed by atoms with Gasteiger partial charge in [0.15, 0.2) is 5.78 Å². The second kappa shape index (κ2) is 11.4. The number of H-pyrrole nitrogens is 1. The van der Waals surface area contributed by atoms with Gasteiger partial charge < -0.3 is 26.0 Å². The lowest BCUT2D eigenvalue weighted by molar-refractivity contribution is 0.0945. The average Bonchev–Trinajstić information content (AvgIpc) is 3.35. The standard InChI is InChI=1S/C31H36N4O2/c1-35-17-14-22(15-18-35)25-11-12-26-27(20-34-28(26)19-25)30(36)29(23-5-3-2-4-6-23)33-16-13-21-7-9-24(10-8-21)31(32)37/h2-12,19-20,22,29,31,33-34,37H,13-18,32H2,1H3. The zero-order valence-electron chi connectivity index (χ0n) is 21.4. The van der Waals surface area contributed by atoms with Crippen LogP contribution in [0.4, 0.5) is 0 Å². The Labute approximate surface area is 218 Å². The van der Waals surface area contributed by atoms with E-state index in [1.165, 1.54) is 18.4 Å². The Morgan fingerprint density at radius 3 is 2.49 bits per heavy atom. The van der Waals surface area contributed by atoms with Crippen LogP contribution in [0.2, 0.25) is 0 Å². The first-order valence-electron chi connectivity index (χ1n) is 13.1. The number of benzene rings is 3. The number of nitrogens with zero attached hydrogens (tertiary/aromatic N) is 1. The Morgan fingerprint density at radius 2 is 1.78 bits per heavy atom. The molecule has 2 unspecified atom stereocenters. The van der Waals surface area contributed by atoms with Crippen molar-refractivity contribution in [1.29, 1.82) is 0 Å². The summed E-state index contributed by atoms with van der Waals surface area (Å²) < 4.78 is 0. The predicted octanol–water partition coefficient (Wildman–Crippen LogP) is 4.68. The predicted molar refractivity (Wildman–Crippen MR) is 149 cm³/mol. The average molecular weight is 497 g/mol. The summed E-state index contributed by atoms with van der Waals surface area (Å²) in [5.41, 5.74) is 11.4. The summed E-state index contributed by atoms with van der Waals surface area (Å²) >= 11 is 0. The van der Waals surface area contributed by atoms with Crippen LogP contribution in [0.5, 0.6) is 0 Å². The van der Waals surface area contributed by atoms with Crippen LogP contribution >= 0.6 is 0 Å². The summed E-state index contributed by atoms with van der Waals surface area (Å²) in [4.78, 5) is 19.6. The number of Topliss-reactive ketones (excluding diaryl/α,β-unsaturated/α-hetero) is 1. The number of hydrogen-bond donors (Lipinski definition) is 4. The molecule has 37 heavy (non-hydrogen) atoms. The third-order valence-electron chi connectivity index (χ3n) is 7.64. The molecule has 4 aromatic rings. The molecule has 1 aromatic heterocycles. The van der Waals surface area contributed by atoms with E-state index in [2.05, 4.69) is 40.4 Å². The van der Waals surface area contributed by atoms with Gasteiger partial charge in [-0.25, -0.2) is 0 Å². The highest BCUT2D eigenvalue weighted by molar-refractivity contribution is 6.10. The molecule has 5 rings (SSSR count). The summed E-state index contributed by atoms with van der Waals surface area (Å²) in [5, 5.41) is 14.0. The highest BCUT2D eigenvalue weighted by Crippen LogP contribution is 2.31. The third kappa shape index (κ3) is 5.84. The minimum Gasteiger partial charge on any atom is -0.375 e. The van der Waals surface area contributed by atoms with Crippen molar-refractivity contribution in [3.8, 4) is 0 Å². The number of carbonyl (C=O) groups excluding carboxylic acids is 1. The molecule has 5 N–H and O–H groups in total. The van der Waals surface area contributed by atoms with Gasteiger partial charge in [-0.1, -0.05) is 66.7 Å². The zero-order chi connectivity index (χ0) is 25.8. The molecule has 6 heteroatoms. The lowest BCUT2D eigenvalue weighted by Crippen LogP contribution is -2.30. The van der Waals surface area contributed by atoms with Crippen LogP contribution in [0.15, 0.2) is 79.0 Å². The minimum atomic E-state index is -0.969. The van der Waals surface area contributed by atoms with Crippen LogP contribution in [0, 0.1) is 0 Å². The number of aliphatic hydroxyl groups is 1. The van der Waals surface area contributed by atoms with E-state index in [1.807, 2.05) is 60.8 Å². The van der Waals surface area contributed by atoms with Crippen molar-refractivity contribution in [3.05, 3.63) is 107 Å². The largest absolute Gasteiger partial charge is 0.375 e. The van der Waals surface area contributed by atoms with Gasteiger partial charge in [0.2, 0.25) is 0 Å². The molecular formula is C31H36N4O2. The summed E-state index contributed by atoms with van der Waals surface area (Å²) in [6.07, 6.45) is 3.99. The van der Waals surface area contributed by atoms with Gasteiger partial charge in [0, 0.05) is 29.2 Å². The Kier molecular flexibility index (Phi) is 7.82. The fraction of sp³-hybridized carbons (Fsp3) is 0.323. The second-order valence-corrected chi connectivity index (χ2v) is 10.2. The molecule has 1 fully saturated rings. The number of carbonyl (C=O) groups is 1. The van der Waals surface area contributed by atoms with Crippen LogP contribution in [-0.4, -0.2) is 47.5 Å². The fourth-order valence-corrected chi connectivity index (χ4v) is 5.35. The molecule has 0 spiro atoms. The molecule has 192 valence electrons. The first kappa shape index (κ1) is 25.4. The van der Waals surface area contributed by atoms with Crippen molar-refractivity contribution < 1.29 is 9.90 Å². The quantitative estimate of drug-likeness (QED) is 0.199. The van der Waals surface area contributed by atoms with E-state index in [0.29, 0.717) is 23.6 Å². The van der Waals surface area contributed by atoms with E-state index >= 15 is 0 Å². The monoisotopic (exact) mass is 496 g/mol. The number of piperidine rings is 1. The number of ketones is 1. The highest BCUT2D eigenvalue weighted by atomic mass is 16.3. The molecule has 6 nitrogen and oxygen atoms in total. The van der Waals surface area contributed by atoms with Gasteiger partial charge in [0.05, 0.1) is 6.04 Å². The van der Waals surface area contributed by atoms with Gasteiger partial charge >= 0.3 is 0 Å². The molecule has 0 radical (unpaired) electrons. The molecule has 0 amide bonds. The molecule has 2 atom stereocenters. The van der Waals surface area contributed by atoms with E-state index in [-0.39, 0.29) is 5.78 Å². The second-order valence-electron chi connectivity index (χ2n) is 10.2. The number of aromatic nitrogens is 1. The Hall–Kier alpha value is -3.29. The first-order chi connectivity index (χ1) is 18.0. The summed E-state index contributed by atoms with van der Waals surface area (Å²) in [6.45, 7) is 2.89. The lowest BCUT2D eigenvalue weighted by Gasteiger charge is -2.29. The maximum Gasteiger partial charge on any atom is 0.186 e. The molecule has 1 saturated heterocycles. The smallest absolute Gasteiger partial charge is 0.186 e. The number of nitrogens with two attached hydrogens (primary N) is 1. The van der Waals surface area contributed by atoms with Gasteiger partial charge in [-0.05, 0) is 73.6 Å². The van der Waals surface area contributed by atoms with Crippen molar-refractivity contribution in [2.75, 3.05) is 26.7 Å². The summed E-state index contributed by atoms with van der Waals surface area (Å²) in [5.74, 6) is 0.634. The lowest BCUT2D eigenvalue weighted by atomic mass is 9.88. The highest BCUT2D eigenvalue weighted by Gasteiger charge is 2.25. The number of aromatic amines is 1. The van der Waals surface area contributed by atoms with Crippen LogP contribution in [-0.2, 0) is 6.42 Å². The number of hydrogen-bond acceptors (Lipinski definition) is 5. The Morgan fingerprint density at radius 1 is 1.05 bits per heavy atom. The summed E-state index contributed by atoms with van der Waals surface area (Å²) in [7, 11) is 2.18. The number of likely N-dealkylation sites (tertiary alicyclic amines) is 1. The van der Waals surface area contributed by atoms with E-state index in [0.717, 1.165) is 41.5 Å². The van der Waals surface area contributed by atoms with Crippen LogP contribution in [0.25, 0.3) is 10.9 Å². The summed E-state index contributed by atoms with van der Waals surface area (Å²) in [6, 6.07) is 23.6.